The number of alkyl halides is 2. The van der Waals surface area contributed by atoms with E-state index in [1.807, 2.05) is 4.90 Å². The van der Waals surface area contributed by atoms with Crippen LogP contribution in [0.3, 0.4) is 0 Å². The molecule has 34 heavy (non-hydrogen) atoms. The molecule has 1 aromatic carbocycles. The van der Waals surface area contributed by atoms with Gasteiger partial charge in [-0.3, -0.25) is 14.5 Å². The van der Waals surface area contributed by atoms with Gasteiger partial charge in [0.15, 0.2) is 12.1 Å². The minimum atomic E-state index is -2.86. The molecule has 1 saturated heterocycles. The number of carbonyl (C=O) groups excluding carboxylic acids is 2. The maximum absolute atomic E-state index is 14.9. The average Bonchev–Trinajstić information content (AvgIpc) is 3.67. The summed E-state index contributed by atoms with van der Waals surface area (Å²) < 4.78 is 42.0. The number of halogens is 3. The Kier molecular flexibility index (Phi) is 6.82. The van der Waals surface area contributed by atoms with Gasteiger partial charge in [-0.1, -0.05) is 6.07 Å². The van der Waals surface area contributed by atoms with Crippen LogP contribution >= 0.6 is 0 Å². The van der Waals surface area contributed by atoms with Crippen molar-refractivity contribution in [2.24, 2.45) is 16.6 Å². The van der Waals surface area contributed by atoms with Crippen LogP contribution in [0.5, 0.6) is 0 Å². The van der Waals surface area contributed by atoms with Crippen molar-refractivity contribution in [1.29, 1.82) is 0 Å². The Labute approximate surface area is 194 Å². The largest absolute Gasteiger partial charge is 0.395 e. The molecule has 0 bridgehead atoms. The molecule has 11 heteroatoms. The molecule has 1 aromatic heterocycles. The van der Waals surface area contributed by atoms with E-state index in [1.165, 1.54) is 12.1 Å². The number of nitrogens with two attached hydrogens (primary N) is 2. The van der Waals surface area contributed by atoms with Gasteiger partial charge < -0.3 is 16.4 Å². The van der Waals surface area contributed by atoms with Crippen LogP contribution in [0.4, 0.5) is 30.2 Å². The number of pyridine rings is 1. The van der Waals surface area contributed by atoms with E-state index in [4.69, 9.17) is 11.5 Å². The Morgan fingerprint density at radius 2 is 1.88 bits per heavy atom. The van der Waals surface area contributed by atoms with Crippen molar-refractivity contribution >= 4 is 35.0 Å². The van der Waals surface area contributed by atoms with Crippen molar-refractivity contribution in [3.8, 4) is 0 Å². The van der Waals surface area contributed by atoms with E-state index in [0.717, 1.165) is 12.8 Å². The summed E-state index contributed by atoms with van der Waals surface area (Å²) in [7, 11) is 0. The summed E-state index contributed by atoms with van der Waals surface area (Å²) in [4.78, 5) is 34.2. The van der Waals surface area contributed by atoms with E-state index in [0.29, 0.717) is 43.7 Å². The lowest BCUT2D eigenvalue weighted by molar-refractivity contribution is -0.102. The number of nitrogens with zero attached hydrogens (tertiary/aromatic N) is 4. The molecule has 1 aliphatic carbocycles. The van der Waals surface area contributed by atoms with Crippen molar-refractivity contribution < 1.29 is 22.8 Å². The molecule has 2 aliphatic rings. The number of amides is 1. The van der Waals surface area contributed by atoms with Gasteiger partial charge in [-0.15, -0.1) is 0 Å². The van der Waals surface area contributed by atoms with Crippen molar-refractivity contribution in [2.75, 3.05) is 36.8 Å². The number of anilines is 2. The molecule has 8 nitrogen and oxygen atoms in total. The molecule has 0 spiro atoms. The molecular formula is C23H25F3N6O2. The van der Waals surface area contributed by atoms with Crippen molar-refractivity contribution in [3.63, 3.8) is 0 Å². The molecule has 4 N–H and O–H groups in total. The van der Waals surface area contributed by atoms with Crippen molar-refractivity contribution in [3.05, 3.63) is 47.0 Å². The van der Waals surface area contributed by atoms with E-state index < -0.39 is 23.8 Å². The van der Waals surface area contributed by atoms with Crippen molar-refractivity contribution in [2.45, 2.75) is 25.8 Å². The van der Waals surface area contributed by atoms with E-state index >= 15 is 0 Å². The van der Waals surface area contributed by atoms with Crippen LogP contribution in [0.2, 0.25) is 0 Å². The third kappa shape index (κ3) is 5.04. The summed E-state index contributed by atoms with van der Waals surface area (Å²) in [6.07, 6.45) is -0.369. The molecule has 0 atom stereocenters. The standard InChI is InChI=1S/C23H25F3N6O2/c24-19-14(3-4-15(20(19)27)29-17(12-33)13-1-2-13)11-31-7-9-32(10-8-31)18-6-5-16(23(28)34)30-21(18)22(25)26/h3-6,12-13,22H,1-2,7-11,27H2,(H2,28,34). The highest BCUT2D eigenvalue weighted by Gasteiger charge is 2.28. The summed E-state index contributed by atoms with van der Waals surface area (Å²) in [5, 5.41) is 0. The Morgan fingerprint density at radius 1 is 1.18 bits per heavy atom. The minimum Gasteiger partial charge on any atom is -0.395 e. The lowest BCUT2D eigenvalue weighted by atomic mass is 10.1. The smallest absolute Gasteiger partial charge is 0.282 e. The van der Waals surface area contributed by atoms with Crippen LogP contribution in [0, 0.1) is 11.7 Å². The molecule has 1 saturated carbocycles. The van der Waals surface area contributed by atoms with Gasteiger partial charge in [0, 0.05) is 44.2 Å². The van der Waals surface area contributed by atoms with Gasteiger partial charge in [0.25, 0.3) is 12.3 Å². The molecule has 0 radical (unpaired) electrons. The number of aldehydes is 1. The molecule has 180 valence electrons. The molecule has 0 unspecified atom stereocenters. The first-order chi connectivity index (χ1) is 16.3. The lowest BCUT2D eigenvalue weighted by Gasteiger charge is -2.36. The predicted octanol–water partition coefficient (Wildman–Crippen LogP) is 2.84. The van der Waals surface area contributed by atoms with Crippen molar-refractivity contribution in [1.82, 2.24) is 9.88 Å². The van der Waals surface area contributed by atoms with Gasteiger partial charge >= 0.3 is 0 Å². The van der Waals surface area contributed by atoms with E-state index in [9.17, 15) is 22.8 Å². The number of carbonyl (C=O) groups is 2. The normalized spacial score (nSPS) is 17.3. The zero-order valence-electron chi connectivity index (χ0n) is 18.4. The van der Waals surface area contributed by atoms with Crippen LogP contribution in [0.1, 0.15) is 41.0 Å². The van der Waals surface area contributed by atoms with Crippen LogP contribution in [0.15, 0.2) is 29.3 Å². The van der Waals surface area contributed by atoms with Crippen LogP contribution in [-0.2, 0) is 11.3 Å². The Hall–Kier alpha value is -3.47. The summed E-state index contributed by atoms with van der Waals surface area (Å²) in [6, 6.07) is 5.97. The fraction of sp³-hybridized carbons (Fsp3) is 0.391. The van der Waals surface area contributed by atoms with Gasteiger partial charge in [-0.05, 0) is 31.0 Å². The fourth-order valence-corrected chi connectivity index (χ4v) is 4.00. The average molecular weight is 474 g/mol. The van der Waals surface area contributed by atoms with Crippen LogP contribution in [0.25, 0.3) is 0 Å². The quantitative estimate of drug-likeness (QED) is 0.345. The SMILES string of the molecule is NC(=O)c1ccc(N2CCN(Cc3ccc(N=C(C=O)C4CC4)c(N)c3F)CC2)c(C(F)F)n1. The number of rotatable bonds is 8. The second-order valence-corrected chi connectivity index (χ2v) is 8.43. The zero-order valence-corrected chi connectivity index (χ0v) is 18.4. The fourth-order valence-electron chi connectivity index (χ4n) is 4.00. The first-order valence-corrected chi connectivity index (χ1v) is 10.9. The minimum absolute atomic E-state index is 0.0988. The Balaban J connectivity index is 1.43. The maximum atomic E-state index is 14.9. The molecule has 2 aromatic rings. The third-order valence-corrected chi connectivity index (χ3v) is 6.07. The van der Waals surface area contributed by atoms with E-state index in [1.54, 1.807) is 17.0 Å². The Bertz CT molecular complexity index is 1130. The zero-order chi connectivity index (χ0) is 24.4. The molecule has 1 aliphatic heterocycles. The molecule has 1 amide bonds. The summed E-state index contributed by atoms with van der Waals surface area (Å²) in [5.74, 6) is -1.31. The van der Waals surface area contributed by atoms with Gasteiger partial charge in [-0.2, -0.15) is 0 Å². The van der Waals surface area contributed by atoms with Gasteiger partial charge in [-0.25, -0.2) is 23.1 Å². The monoisotopic (exact) mass is 474 g/mol. The van der Waals surface area contributed by atoms with Gasteiger partial charge in [0.05, 0.1) is 22.8 Å². The van der Waals surface area contributed by atoms with Crippen LogP contribution in [-0.4, -0.2) is 54.0 Å². The highest BCUT2D eigenvalue weighted by molar-refractivity contribution is 6.30. The number of benzene rings is 1. The molecule has 4 rings (SSSR count). The van der Waals surface area contributed by atoms with Gasteiger partial charge in [0.2, 0.25) is 0 Å². The van der Waals surface area contributed by atoms with E-state index in [-0.39, 0.29) is 35.2 Å². The summed E-state index contributed by atoms with van der Waals surface area (Å²) >= 11 is 0. The molecular weight excluding hydrogens is 449 g/mol. The number of aliphatic imine (C=N–C) groups is 1. The number of nitrogen functional groups attached to an aromatic ring is 1. The summed E-state index contributed by atoms with van der Waals surface area (Å²) in [6.45, 7) is 2.12. The number of hydrogen-bond donors (Lipinski definition) is 2. The number of piperazine rings is 1. The van der Waals surface area contributed by atoms with Crippen LogP contribution < -0.4 is 16.4 Å². The maximum Gasteiger partial charge on any atom is 0.282 e. The first-order valence-electron chi connectivity index (χ1n) is 10.9. The second-order valence-electron chi connectivity index (χ2n) is 8.43. The number of hydrogen-bond acceptors (Lipinski definition) is 7. The lowest BCUT2D eigenvalue weighted by Crippen LogP contribution is -2.46. The predicted molar refractivity (Wildman–Crippen MR) is 122 cm³/mol. The number of aromatic nitrogens is 1. The topological polar surface area (TPSA) is 118 Å². The highest BCUT2D eigenvalue weighted by Crippen LogP contribution is 2.34. The first kappa shape index (κ1) is 23.7. The number of primary amides is 1. The molecule has 2 fully saturated rings. The highest BCUT2D eigenvalue weighted by atomic mass is 19.3. The second kappa shape index (κ2) is 9.80. The van der Waals surface area contributed by atoms with Gasteiger partial charge in [0.1, 0.15) is 11.4 Å². The Morgan fingerprint density at radius 3 is 2.47 bits per heavy atom. The molecule has 2 heterocycles. The third-order valence-electron chi connectivity index (χ3n) is 6.07. The summed E-state index contributed by atoms with van der Waals surface area (Å²) in [5.41, 5.74) is 11.6. The van der Waals surface area contributed by atoms with E-state index in [2.05, 4.69) is 9.98 Å².